The molecule has 2 heterocycles. The van der Waals surface area contributed by atoms with Crippen LogP contribution in [0, 0.1) is 6.92 Å². The molecule has 98 valence electrons. The number of rotatable bonds is 2. The molecular formula is C12H17N3O3. The van der Waals surface area contributed by atoms with Crippen molar-refractivity contribution in [2.24, 2.45) is 0 Å². The molecule has 0 aliphatic carbocycles. The Hall–Kier alpha value is -1.69. The van der Waals surface area contributed by atoms with Crippen molar-refractivity contribution in [3.8, 4) is 0 Å². The summed E-state index contributed by atoms with van der Waals surface area (Å²) in [6.07, 6.45) is 0.178. The first kappa shape index (κ1) is 12.8. The molecule has 1 aromatic heterocycles. The van der Waals surface area contributed by atoms with Crippen LogP contribution in [0.3, 0.4) is 0 Å². The summed E-state index contributed by atoms with van der Waals surface area (Å²) in [7, 11) is 0. The molecule has 0 aromatic carbocycles. The zero-order valence-electron chi connectivity index (χ0n) is 10.8. The Balaban J connectivity index is 2.29. The van der Waals surface area contributed by atoms with Gasteiger partial charge in [-0.1, -0.05) is 0 Å². The summed E-state index contributed by atoms with van der Waals surface area (Å²) in [5.74, 6) is -0.564. The van der Waals surface area contributed by atoms with E-state index in [2.05, 4.69) is 9.97 Å². The summed E-state index contributed by atoms with van der Waals surface area (Å²) in [5, 5.41) is 9.00. The summed E-state index contributed by atoms with van der Waals surface area (Å²) in [6.45, 7) is 7.08. The molecular weight excluding hydrogens is 234 g/mol. The van der Waals surface area contributed by atoms with Crippen molar-refractivity contribution in [1.29, 1.82) is 0 Å². The molecule has 0 bridgehead atoms. The lowest BCUT2D eigenvalue weighted by Crippen LogP contribution is -2.46. The quantitative estimate of drug-likeness (QED) is 0.848. The zero-order chi connectivity index (χ0) is 13.3. The van der Waals surface area contributed by atoms with E-state index in [-0.39, 0.29) is 17.9 Å². The second-order valence-corrected chi connectivity index (χ2v) is 4.66. The molecule has 1 saturated heterocycles. The van der Waals surface area contributed by atoms with Crippen LogP contribution >= 0.6 is 0 Å². The van der Waals surface area contributed by atoms with Gasteiger partial charge in [-0.2, -0.15) is 0 Å². The number of carboxylic acid groups (broad SMARTS) is 1. The summed E-state index contributed by atoms with van der Waals surface area (Å²) in [6, 6.07) is 1.47. The molecule has 0 saturated carbocycles. The number of morpholine rings is 1. The first-order valence-electron chi connectivity index (χ1n) is 5.95. The van der Waals surface area contributed by atoms with Crippen molar-refractivity contribution in [2.75, 3.05) is 18.0 Å². The number of aromatic carboxylic acids is 1. The Labute approximate surface area is 106 Å². The number of aryl methyl sites for hydroxylation is 1. The zero-order valence-corrected chi connectivity index (χ0v) is 10.8. The van der Waals surface area contributed by atoms with Gasteiger partial charge in [0.1, 0.15) is 0 Å². The molecule has 1 fully saturated rings. The second kappa shape index (κ2) is 4.89. The smallest absolute Gasteiger partial charge is 0.354 e. The lowest BCUT2D eigenvalue weighted by molar-refractivity contribution is -0.00573. The summed E-state index contributed by atoms with van der Waals surface area (Å²) < 4.78 is 5.63. The molecule has 0 amide bonds. The highest BCUT2D eigenvalue weighted by atomic mass is 16.5. The Morgan fingerprint density at radius 2 is 2.00 bits per heavy atom. The van der Waals surface area contributed by atoms with Crippen molar-refractivity contribution in [3.63, 3.8) is 0 Å². The van der Waals surface area contributed by atoms with Crippen molar-refractivity contribution < 1.29 is 14.6 Å². The number of anilines is 1. The van der Waals surface area contributed by atoms with Crippen molar-refractivity contribution in [2.45, 2.75) is 33.0 Å². The summed E-state index contributed by atoms with van der Waals surface area (Å²) >= 11 is 0. The third kappa shape index (κ3) is 2.76. The van der Waals surface area contributed by atoms with Gasteiger partial charge in [-0.05, 0) is 26.8 Å². The van der Waals surface area contributed by atoms with E-state index in [0.717, 1.165) is 0 Å². The van der Waals surface area contributed by atoms with E-state index in [9.17, 15) is 4.79 Å². The van der Waals surface area contributed by atoms with Crippen LogP contribution < -0.4 is 4.90 Å². The Bertz CT molecular complexity index is 454. The van der Waals surface area contributed by atoms with Gasteiger partial charge >= 0.3 is 5.97 Å². The third-order valence-corrected chi connectivity index (χ3v) is 2.76. The highest BCUT2D eigenvalue weighted by molar-refractivity contribution is 5.85. The number of hydrogen-bond acceptors (Lipinski definition) is 5. The van der Waals surface area contributed by atoms with Crippen LogP contribution in [0.4, 0.5) is 5.95 Å². The van der Waals surface area contributed by atoms with Gasteiger partial charge in [-0.3, -0.25) is 0 Å². The molecule has 0 spiro atoms. The fraction of sp³-hybridized carbons (Fsp3) is 0.583. The molecule has 6 nitrogen and oxygen atoms in total. The standard InChI is InChI=1S/C12H17N3O3/c1-7-4-10(11(16)17)14-12(13-7)15-5-8(2)18-9(3)6-15/h4,8-9H,5-6H2,1-3H3,(H,16,17)/t8-,9+. The molecule has 18 heavy (non-hydrogen) atoms. The molecule has 1 aromatic rings. The molecule has 0 unspecified atom stereocenters. The van der Waals surface area contributed by atoms with Crippen LogP contribution in [0.1, 0.15) is 30.0 Å². The predicted octanol–water partition coefficient (Wildman–Crippen LogP) is 1.10. The molecule has 1 aliphatic heterocycles. The fourth-order valence-corrected chi connectivity index (χ4v) is 2.15. The van der Waals surface area contributed by atoms with Gasteiger partial charge in [-0.25, -0.2) is 14.8 Å². The van der Waals surface area contributed by atoms with Gasteiger partial charge in [0, 0.05) is 18.8 Å². The van der Waals surface area contributed by atoms with Gasteiger partial charge in [0.25, 0.3) is 0 Å². The van der Waals surface area contributed by atoms with Crippen LogP contribution in [0.25, 0.3) is 0 Å². The summed E-state index contributed by atoms with van der Waals surface area (Å²) in [4.78, 5) is 21.3. The minimum Gasteiger partial charge on any atom is -0.477 e. The number of carboxylic acids is 1. The van der Waals surface area contributed by atoms with Gasteiger partial charge in [-0.15, -0.1) is 0 Å². The van der Waals surface area contributed by atoms with E-state index >= 15 is 0 Å². The van der Waals surface area contributed by atoms with Crippen LogP contribution in [0.5, 0.6) is 0 Å². The predicted molar refractivity (Wildman–Crippen MR) is 66.0 cm³/mol. The number of ether oxygens (including phenoxy) is 1. The maximum Gasteiger partial charge on any atom is 0.354 e. The van der Waals surface area contributed by atoms with E-state index in [1.807, 2.05) is 18.7 Å². The SMILES string of the molecule is Cc1cc(C(=O)O)nc(N2C[C@@H](C)O[C@@H](C)C2)n1. The number of nitrogens with zero attached hydrogens (tertiary/aromatic N) is 3. The van der Waals surface area contributed by atoms with Gasteiger partial charge < -0.3 is 14.7 Å². The molecule has 0 radical (unpaired) electrons. The number of hydrogen-bond donors (Lipinski definition) is 1. The molecule has 2 rings (SSSR count). The average molecular weight is 251 g/mol. The van der Waals surface area contributed by atoms with Crippen LogP contribution in [-0.2, 0) is 4.74 Å². The topological polar surface area (TPSA) is 75.5 Å². The van der Waals surface area contributed by atoms with Crippen LogP contribution in [-0.4, -0.2) is 46.3 Å². The second-order valence-electron chi connectivity index (χ2n) is 4.66. The lowest BCUT2D eigenvalue weighted by Gasteiger charge is -2.35. The first-order valence-corrected chi connectivity index (χ1v) is 5.95. The Morgan fingerprint density at radius 1 is 1.39 bits per heavy atom. The highest BCUT2D eigenvalue weighted by Gasteiger charge is 2.24. The number of carbonyl (C=O) groups is 1. The minimum atomic E-state index is -1.03. The van der Waals surface area contributed by atoms with Crippen LogP contribution in [0.15, 0.2) is 6.07 Å². The molecule has 1 N–H and O–H groups in total. The Kier molecular flexibility index (Phi) is 3.47. The summed E-state index contributed by atoms with van der Waals surface area (Å²) in [5.41, 5.74) is 0.688. The fourth-order valence-electron chi connectivity index (χ4n) is 2.15. The molecule has 2 atom stereocenters. The van der Waals surface area contributed by atoms with Crippen molar-refractivity contribution in [1.82, 2.24) is 9.97 Å². The number of aromatic nitrogens is 2. The van der Waals surface area contributed by atoms with Crippen molar-refractivity contribution in [3.05, 3.63) is 17.5 Å². The molecule has 1 aliphatic rings. The van der Waals surface area contributed by atoms with Gasteiger partial charge in [0.15, 0.2) is 5.69 Å². The third-order valence-electron chi connectivity index (χ3n) is 2.76. The maximum absolute atomic E-state index is 11.0. The van der Waals surface area contributed by atoms with Gasteiger partial charge in [0.2, 0.25) is 5.95 Å². The first-order chi connectivity index (χ1) is 8.45. The highest BCUT2D eigenvalue weighted by Crippen LogP contribution is 2.17. The minimum absolute atomic E-state index is 0.0318. The van der Waals surface area contributed by atoms with Crippen molar-refractivity contribution >= 4 is 11.9 Å². The maximum atomic E-state index is 11.0. The van der Waals surface area contributed by atoms with E-state index < -0.39 is 5.97 Å². The van der Waals surface area contributed by atoms with E-state index in [1.165, 1.54) is 6.07 Å². The van der Waals surface area contributed by atoms with E-state index in [4.69, 9.17) is 9.84 Å². The van der Waals surface area contributed by atoms with E-state index in [0.29, 0.717) is 24.7 Å². The van der Waals surface area contributed by atoms with E-state index in [1.54, 1.807) is 6.92 Å². The van der Waals surface area contributed by atoms with Gasteiger partial charge in [0.05, 0.1) is 12.2 Å². The lowest BCUT2D eigenvalue weighted by atomic mass is 10.2. The van der Waals surface area contributed by atoms with Crippen LogP contribution in [0.2, 0.25) is 0 Å². The molecule has 6 heteroatoms. The average Bonchev–Trinajstić information content (AvgIpc) is 2.26. The normalized spacial score (nSPS) is 24.1. The monoisotopic (exact) mass is 251 g/mol. The largest absolute Gasteiger partial charge is 0.477 e. The Morgan fingerprint density at radius 3 is 2.56 bits per heavy atom.